The molecule has 1 N–H and O–H groups in total. The van der Waals surface area contributed by atoms with Crippen LogP contribution in [0.5, 0.6) is 0 Å². The van der Waals surface area contributed by atoms with Gasteiger partial charge in [0.2, 0.25) is 5.91 Å². The van der Waals surface area contributed by atoms with Crippen LogP contribution in [0.4, 0.5) is 21.0 Å². The minimum Gasteiger partial charge on any atom is -0.366 e. The van der Waals surface area contributed by atoms with Gasteiger partial charge in [0.15, 0.2) is 5.13 Å². The van der Waals surface area contributed by atoms with Gasteiger partial charge in [0.05, 0.1) is 17.8 Å². The Morgan fingerprint density at radius 2 is 1.90 bits per heavy atom. The van der Waals surface area contributed by atoms with Crippen molar-refractivity contribution < 1.29 is 9.18 Å². The molecule has 0 bridgehead atoms. The van der Waals surface area contributed by atoms with Crippen LogP contribution in [0, 0.1) is 12.7 Å². The highest BCUT2D eigenvalue weighted by Crippen LogP contribution is 2.22. The quantitative estimate of drug-likeness (QED) is 0.695. The minimum absolute atomic E-state index is 0.0451. The maximum atomic E-state index is 14.0. The monoisotopic (exact) mass is 411 g/mol. The number of carbonyl (C=O) groups excluding carboxylic acids is 1. The number of amides is 1. The van der Waals surface area contributed by atoms with Gasteiger partial charge in [0.1, 0.15) is 11.6 Å². The topological polar surface area (TPSA) is 61.4 Å². The van der Waals surface area contributed by atoms with Crippen molar-refractivity contribution in [2.75, 3.05) is 36.4 Å². The van der Waals surface area contributed by atoms with E-state index in [1.807, 2.05) is 46.4 Å². The van der Waals surface area contributed by atoms with Crippen LogP contribution in [0.25, 0.3) is 0 Å². The Bertz CT molecular complexity index is 1000. The number of benzene rings is 1. The summed E-state index contributed by atoms with van der Waals surface area (Å²) in [4.78, 5) is 25.4. The summed E-state index contributed by atoms with van der Waals surface area (Å²) in [5, 5.41) is 5.79. The molecular formula is C21H22FN5OS. The Hall–Kier alpha value is -3.00. The van der Waals surface area contributed by atoms with Gasteiger partial charge in [-0.05, 0) is 31.2 Å². The molecule has 0 aliphatic carbocycles. The molecule has 1 aliphatic rings. The van der Waals surface area contributed by atoms with Gasteiger partial charge in [-0.15, -0.1) is 11.3 Å². The molecule has 0 radical (unpaired) electrons. The lowest BCUT2D eigenvalue weighted by Gasteiger charge is -2.36. The molecule has 4 rings (SSSR count). The standard InChI is InChI=1S/C21H22FN5OS/c1-15-5-4-8-19(23-15)25-21-24-16(14-29-21)13-20(28)27-11-9-26(10-12-27)18-7-3-2-6-17(18)22/h2-8,14H,9-13H2,1H3,(H,23,24,25). The first kappa shape index (κ1) is 19.3. The number of para-hydroxylation sites is 1. The summed E-state index contributed by atoms with van der Waals surface area (Å²) in [6, 6.07) is 12.5. The van der Waals surface area contributed by atoms with Crippen LogP contribution in [-0.2, 0) is 11.2 Å². The summed E-state index contributed by atoms with van der Waals surface area (Å²) < 4.78 is 14.0. The van der Waals surface area contributed by atoms with Gasteiger partial charge in [0.25, 0.3) is 0 Å². The van der Waals surface area contributed by atoms with Crippen molar-refractivity contribution >= 4 is 33.9 Å². The first-order chi connectivity index (χ1) is 14.1. The molecule has 8 heteroatoms. The molecule has 1 amide bonds. The highest BCUT2D eigenvalue weighted by Gasteiger charge is 2.23. The zero-order valence-corrected chi connectivity index (χ0v) is 17.0. The van der Waals surface area contributed by atoms with Crippen LogP contribution in [0.2, 0.25) is 0 Å². The van der Waals surface area contributed by atoms with E-state index in [1.54, 1.807) is 12.1 Å². The molecule has 1 fully saturated rings. The molecule has 1 aliphatic heterocycles. The summed E-state index contributed by atoms with van der Waals surface area (Å²) in [5.41, 5.74) is 2.27. The number of nitrogens with one attached hydrogen (secondary N) is 1. The Balaban J connectivity index is 1.31. The van der Waals surface area contributed by atoms with E-state index in [0.717, 1.165) is 22.3 Å². The molecule has 150 valence electrons. The lowest BCUT2D eigenvalue weighted by Crippen LogP contribution is -2.49. The van der Waals surface area contributed by atoms with Gasteiger partial charge in [-0.3, -0.25) is 4.79 Å². The van der Waals surface area contributed by atoms with E-state index in [-0.39, 0.29) is 18.1 Å². The van der Waals surface area contributed by atoms with E-state index in [2.05, 4.69) is 15.3 Å². The number of halogens is 1. The lowest BCUT2D eigenvalue weighted by atomic mass is 10.2. The van der Waals surface area contributed by atoms with Crippen LogP contribution >= 0.6 is 11.3 Å². The number of pyridine rings is 1. The summed E-state index contributed by atoms with van der Waals surface area (Å²) in [6.45, 7) is 4.33. The Kier molecular flexibility index (Phi) is 5.71. The van der Waals surface area contributed by atoms with Gasteiger partial charge >= 0.3 is 0 Å². The Morgan fingerprint density at radius 1 is 1.10 bits per heavy atom. The predicted octanol–water partition coefficient (Wildman–Crippen LogP) is 3.62. The number of hydrogen-bond donors (Lipinski definition) is 1. The Labute approximate surface area is 173 Å². The molecule has 3 aromatic rings. The smallest absolute Gasteiger partial charge is 0.228 e. The van der Waals surface area contributed by atoms with Crippen molar-refractivity contribution in [1.82, 2.24) is 14.9 Å². The van der Waals surface area contributed by atoms with Gasteiger partial charge in [-0.2, -0.15) is 0 Å². The van der Waals surface area contributed by atoms with E-state index >= 15 is 0 Å². The molecule has 0 spiro atoms. The maximum Gasteiger partial charge on any atom is 0.228 e. The summed E-state index contributed by atoms with van der Waals surface area (Å²) >= 11 is 1.46. The number of hydrogen-bond acceptors (Lipinski definition) is 6. The van der Waals surface area contributed by atoms with Crippen molar-refractivity contribution in [3.05, 3.63) is 65.0 Å². The van der Waals surface area contributed by atoms with E-state index in [1.165, 1.54) is 17.4 Å². The fourth-order valence-electron chi connectivity index (χ4n) is 3.34. The molecule has 6 nitrogen and oxygen atoms in total. The molecule has 3 heterocycles. The highest BCUT2D eigenvalue weighted by atomic mass is 32.1. The number of aromatic nitrogens is 2. The largest absolute Gasteiger partial charge is 0.366 e. The SMILES string of the molecule is Cc1cccc(Nc2nc(CC(=O)N3CCN(c4ccccc4F)CC3)cs2)n1. The number of piperazine rings is 1. The van der Waals surface area contributed by atoms with Gasteiger partial charge < -0.3 is 15.1 Å². The third-order valence-electron chi connectivity index (χ3n) is 4.83. The first-order valence-electron chi connectivity index (χ1n) is 9.51. The molecule has 0 unspecified atom stereocenters. The second kappa shape index (κ2) is 8.57. The molecule has 2 aromatic heterocycles. The third-order valence-corrected chi connectivity index (χ3v) is 5.64. The normalized spacial score (nSPS) is 14.1. The summed E-state index contributed by atoms with van der Waals surface area (Å²) in [6.07, 6.45) is 0.263. The maximum absolute atomic E-state index is 14.0. The van der Waals surface area contributed by atoms with Gasteiger partial charge in [-0.1, -0.05) is 18.2 Å². The third kappa shape index (κ3) is 4.71. The molecule has 0 saturated carbocycles. The van der Waals surface area contributed by atoms with Crippen molar-refractivity contribution in [3.8, 4) is 0 Å². The van der Waals surface area contributed by atoms with Gasteiger partial charge in [-0.25, -0.2) is 14.4 Å². The van der Waals surface area contributed by atoms with E-state index < -0.39 is 0 Å². The van der Waals surface area contributed by atoms with Crippen molar-refractivity contribution in [2.45, 2.75) is 13.3 Å². The molecule has 29 heavy (non-hydrogen) atoms. The van der Waals surface area contributed by atoms with Crippen molar-refractivity contribution in [1.29, 1.82) is 0 Å². The van der Waals surface area contributed by atoms with E-state index in [4.69, 9.17) is 0 Å². The van der Waals surface area contributed by atoms with Crippen molar-refractivity contribution in [2.24, 2.45) is 0 Å². The van der Waals surface area contributed by atoms with Crippen LogP contribution < -0.4 is 10.2 Å². The molecular weight excluding hydrogens is 389 g/mol. The Morgan fingerprint density at radius 3 is 2.66 bits per heavy atom. The fourth-order valence-corrected chi connectivity index (χ4v) is 4.06. The number of nitrogens with zero attached hydrogens (tertiary/aromatic N) is 4. The lowest BCUT2D eigenvalue weighted by molar-refractivity contribution is -0.130. The minimum atomic E-state index is -0.224. The number of carbonyl (C=O) groups is 1. The number of anilines is 3. The summed E-state index contributed by atoms with van der Waals surface area (Å²) in [5.74, 6) is 0.558. The summed E-state index contributed by atoms with van der Waals surface area (Å²) in [7, 11) is 0. The van der Waals surface area contributed by atoms with Crippen LogP contribution in [-0.4, -0.2) is 47.0 Å². The van der Waals surface area contributed by atoms with Crippen LogP contribution in [0.15, 0.2) is 47.8 Å². The van der Waals surface area contributed by atoms with Crippen LogP contribution in [0.1, 0.15) is 11.4 Å². The second-order valence-corrected chi connectivity index (χ2v) is 7.79. The average Bonchev–Trinajstić information content (AvgIpc) is 3.15. The first-order valence-corrected chi connectivity index (χ1v) is 10.4. The number of rotatable bonds is 5. The van der Waals surface area contributed by atoms with Gasteiger partial charge in [0, 0.05) is 37.3 Å². The zero-order chi connectivity index (χ0) is 20.2. The van der Waals surface area contributed by atoms with E-state index in [0.29, 0.717) is 31.9 Å². The molecule has 0 atom stereocenters. The molecule has 1 saturated heterocycles. The number of aryl methyl sites for hydroxylation is 1. The number of thiazole rings is 1. The zero-order valence-electron chi connectivity index (χ0n) is 16.1. The predicted molar refractivity (Wildman–Crippen MR) is 113 cm³/mol. The average molecular weight is 412 g/mol. The van der Waals surface area contributed by atoms with Crippen LogP contribution in [0.3, 0.4) is 0 Å². The van der Waals surface area contributed by atoms with E-state index in [9.17, 15) is 9.18 Å². The second-order valence-electron chi connectivity index (χ2n) is 6.93. The molecule has 1 aromatic carbocycles. The highest BCUT2D eigenvalue weighted by molar-refractivity contribution is 7.13. The fraction of sp³-hybridized carbons (Fsp3) is 0.286. The van der Waals surface area contributed by atoms with Crippen molar-refractivity contribution in [3.63, 3.8) is 0 Å².